The van der Waals surface area contributed by atoms with E-state index in [1.807, 2.05) is 29.6 Å². The van der Waals surface area contributed by atoms with Crippen molar-refractivity contribution in [3.8, 4) is 11.3 Å². The number of aromatic nitrogens is 1. The number of nitrogens with one attached hydrogen (secondary N) is 1. The Labute approximate surface area is 176 Å². The quantitative estimate of drug-likeness (QED) is 0.413. The largest absolute Gasteiger partial charge is 0.325 e. The predicted molar refractivity (Wildman–Crippen MR) is 120 cm³/mol. The Morgan fingerprint density at radius 3 is 2.41 bits per heavy atom. The first-order chi connectivity index (χ1) is 13.1. The molecule has 0 unspecified atom stereocenters. The van der Waals surface area contributed by atoms with Gasteiger partial charge in [-0.2, -0.15) is 0 Å². The molecule has 140 valence electrons. The van der Waals surface area contributed by atoms with Crippen molar-refractivity contribution in [2.45, 2.75) is 31.0 Å². The van der Waals surface area contributed by atoms with Gasteiger partial charge >= 0.3 is 0 Å². The topological polar surface area (TPSA) is 42.0 Å². The molecule has 6 heteroatoms. The lowest BCUT2D eigenvalue weighted by Crippen LogP contribution is -2.16. The second kappa shape index (κ2) is 9.53. The van der Waals surface area contributed by atoms with Crippen molar-refractivity contribution in [3.05, 3.63) is 63.4 Å². The van der Waals surface area contributed by atoms with Crippen molar-refractivity contribution < 1.29 is 4.79 Å². The van der Waals surface area contributed by atoms with Gasteiger partial charge in [-0.05, 0) is 36.1 Å². The van der Waals surface area contributed by atoms with Gasteiger partial charge in [0.2, 0.25) is 5.91 Å². The zero-order valence-electron chi connectivity index (χ0n) is 15.3. The third-order valence-corrected chi connectivity index (χ3v) is 6.76. The van der Waals surface area contributed by atoms with Crippen molar-refractivity contribution >= 4 is 50.6 Å². The third kappa shape index (κ3) is 5.21. The summed E-state index contributed by atoms with van der Waals surface area (Å²) in [5.74, 6) is 0.366. The first-order valence-electron chi connectivity index (χ1n) is 8.85. The van der Waals surface area contributed by atoms with E-state index in [1.54, 1.807) is 11.3 Å². The molecule has 2 aromatic carbocycles. The number of para-hydroxylation sites is 1. The van der Waals surface area contributed by atoms with Crippen LogP contribution in [0.15, 0.2) is 56.7 Å². The Balaban J connectivity index is 1.63. The van der Waals surface area contributed by atoms with Gasteiger partial charge < -0.3 is 5.32 Å². The molecule has 3 rings (SSSR count). The Hall–Kier alpha value is -1.63. The number of hydrogen-bond donors (Lipinski definition) is 1. The number of thioether (sulfide) groups is 1. The number of anilines is 1. The van der Waals surface area contributed by atoms with E-state index in [2.05, 4.69) is 58.3 Å². The second-order valence-corrected chi connectivity index (χ2v) is 9.00. The van der Waals surface area contributed by atoms with Crippen LogP contribution in [0.3, 0.4) is 0 Å². The van der Waals surface area contributed by atoms with Crippen LogP contribution in [0.1, 0.15) is 25.0 Å². The molecule has 0 spiro atoms. The second-order valence-electron chi connectivity index (χ2n) is 6.00. The summed E-state index contributed by atoms with van der Waals surface area (Å²) in [4.78, 5) is 17.1. The van der Waals surface area contributed by atoms with Crippen LogP contribution < -0.4 is 5.32 Å². The van der Waals surface area contributed by atoms with Gasteiger partial charge in [0.25, 0.3) is 0 Å². The van der Waals surface area contributed by atoms with Gasteiger partial charge in [-0.25, -0.2) is 4.98 Å². The van der Waals surface area contributed by atoms with Crippen LogP contribution in [0.2, 0.25) is 0 Å². The molecule has 1 N–H and O–H groups in total. The maximum Gasteiger partial charge on any atom is 0.234 e. The lowest BCUT2D eigenvalue weighted by atomic mass is 10.0. The number of carbonyl (C=O) groups is 1. The molecule has 1 amide bonds. The lowest BCUT2D eigenvalue weighted by Gasteiger charge is -2.14. The summed E-state index contributed by atoms with van der Waals surface area (Å²) in [6.07, 6.45) is 1.80. The minimum atomic E-state index is 0.0102. The van der Waals surface area contributed by atoms with E-state index < -0.39 is 0 Å². The number of aryl methyl sites for hydroxylation is 2. The van der Waals surface area contributed by atoms with E-state index in [-0.39, 0.29) is 5.91 Å². The number of carbonyl (C=O) groups excluding carboxylic acids is 1. The van der Waals surface area contributed by atoms with E-state index in [4.69, 9.17) is 0 Å². The fourth-order valence-electron chi connectivity index (χ4n) is 2.78. The molecule has 0 saturated heterocycles. The van der Waals surface area contributed by atoms with Crippen molar-refractivity contribution in [2.24, 2.45) is 0 Å². The molecule has 0 saturated carbocycles. The Morgan fingerprint density at radius 1 is 1.11 bits per heavy atom. The molecule has 0 fully saturated rings. The minimum absolute atomic E-state index is 0.0102. The van der Waals surface area contributed by atoms with Crippen LogP contribution in [0.5, 0.6) is 0 Å². The monoisotopic (exact) mass is 460 g/mol. The SMILES string of the molecule is CCc1cccc(CC)c1NC(=O)CSc1nc(-c2ccc(Br)cc2)cs1. The molecule has 3 aromatic rings. The molecule has 0 bridgehead atoms. The van der Waals surface area contributed by atoms with Gasteiger partial charge in [0.1, 0.15) is 0 Å². The fourth-order valence-corrected chi connectivity index (χ4v) is 4.68. The Kier molecular flexibility index (Phi) is 7.10. The Bertz CT molecular complexity index is 900. The zero-order chi connectivity index (χ0) is 19.2. The third-order valence-electron chi connectivity index (χ3n) is 4.21. The summed E-state index contributed by atoms with van der Waals surface area (Å²) >= 11 is 6.50. The highest BCUT2D eigenvalue weighted by molar-refractivity contribution is 9.10. The normalized spacial score (nSPS) is 10.8. The Morgan fingerprint density at radius 2 is 1.78 bits per heavy atom. The zero-order valence-corrected chi connectivity index (χ0v) is 18.5. The molecule has 0 atom stereocenters. The molecule has 1 heterocycles. The summed E-state index contributed by atoms with van der Waals surface area (Å²) in [6.45, 7) is 4.22. The number of benzene rings is 2. The minimum Gasteiger partial charge on any atom is -0.325 e. The number of rotatable bonds is 7. The highest BCUT2D eigenvalue weighted by Crippen LogP contribution is 2.29. The molecule has 27 heavy (non-hydrogen) atoms. The van der Waals surface area contributed by atoms with Gasteiger partial charge in [-0.3, -0.25) is 4.79 Å². The van der Waals surface area contributed by atoms with Crippen molar-refractivity contribution in [2.75, 3.05) is 11.1 Å². The fraction of sp³-hybridized carbons (Fsp3) is 0.238. The van der Waals surface area contributed by atoms with Gasteiger partial charge in [0.15, 0.2) is 4.34 Å². The van der Waals surface area contributed by atoms with Crippen molar-refractivity contribution in [1.82, 2.24) is 4.98 Å². The summed E-state index contributed by atoms with van der Waals surface area (Å²) in [7, 11) is 0. The molecular weight excluding hydrogens is 440 g/mol. The lowest BCUT2D eigenvalue weighted by molar-refractivity contribution is -0.113. The number of nitrogens with zero attached hydrogens (tertiary/aromatic N) is 1. The number of hydrogen-bond acceptors (Lipinski definition) is 4. The van der Waals surface area contributed by atoms with Gasteiger partial charge in [-0.1, -0.05) is 71.9 Å². The standard InChI is InChI=1S/C21H21BrN2OS2/c1-3-14-6-5-7-15(4-2)20(14)24-19(25)13-27-21-23-18(12-26-21)16-8-10-17(22)11-9-16/h5-12H,3-4,13H2,1-2H3,(H,24,25). The molecule has 0 aliphatic heterocycles. The van der Waals surface area contributed by atoms with Gasteiger partial charge in [-0.15, -0.1) is 11.3 Å². The summed E-state index contributed by atoms with van der Waals surface area (Å²) < 4.78 is 1.95. The van der Waals surface area contributed by atoms with E-state index in [0.717, 1.165) is 38.6 Å². The van der Waals surface area contributed by atoms with Crippen molar-refractivity contribution in [3.63, 3.8) is 0 Å². The number of amides is 1. The molecular formula is C21H21BrN2OS2. The van der Waals surface area contributed by atoms with Crippen LogP contribution in [-0.4, -0.2) is 16.6 Å². The van der Waals surface area contributed by atoms with Gasteiger partial charge in [0, 0.05) is 21.1 Å². The van der Waals surface area contributed by atoms with Crippen LogP contribution in [-0.2, 0) is 17.6 Å². The maximum atomic E-state index is 12.5. The van der Waals surface area contributed by atoms with E-state index in [9.17, 15) is 4.79 Å². The van der Waals surface area contributed by atoms with E-state index in [1.165, 1.54) is 22.9 Å². The highest BCUT2D eigenvalue weighted by atomic mass is 79.9. The smallest absolute Gasteiger partial charge is 0.234 e. The first kappa shape index (κ1) is 20.1. The van der Waals surface area contributed by atoms with Crippen LogP contribution in [0, 0.1) is 0 Å². The van der Waals surface area contributed by atoms with Crippen LogP contribution in [0.4, 0.5) is 5.69 Å². The van der Waals surface area contributed by atoms with E-state index in [0.29, 0.717) is 5.75 Å². The molecule has 0 aliphatic carbocycles. The molecule has 3 nitrogen and oxygen atoms in total. The average molecular weight is 461 g/mol. The first-order valence-corrected chi connectivity index (χ1v) is 11.5. The van der Waals surface area contributed by atoms with Crippen LogP contribution in [0.25, 0.3) is 11.3 Å². The number of halogens is 1. The predicted octanol–water partition coefficient (Wildman–Crippen LogP) is 6.43. The number of thiazole rings is 1. The molecule has 0 aliphatic rings. The summed E-state index contributed by atoms with van der Waals surface area (Å²) in [6, 6.07) is 14.3. The van der Waals surface area contributed by atoms with Gasteiger partial charge in [0.05, 0.1) is 11.4 Å². The van der Waals surface area contributed by atoms with Crippen molar-refractivity contribution in [1.29, 1.82) is 0 Å². The highest BCUT2D eigenvalue weighted by Gasteiger charge is 2.12. The average Bonchev–Trinajstić information content (AvgIpc) is 3.16. The van der Waals surface area contributed by atoms with E-state index >= 15 is 0 Å². The maximum absolute atomic E-state index is 12.5. The molecule has 0 radical (unpaired) electrons. The molecule has 1 aromatic heterocycles. The van der Waals surface area contributed by atoms with Crippen LogP contribution >= 0.6 is 39.0 Å². The summed E-state index contributed by atoms with van der Waals surface area (Å²) in [5.41, 5.74) is 5.36. The summed E-state index contributed by atoms with van der Waals surface area (Å²) in [5, 5.41) is 5.14.